The van der Waals surface area contributed by atoms with Crippen molar-refractivity contribution in [2.75, 3.05) is 6.54 Å². The van der Waals surface area contributed by atoms with Crippen LogP contribution in [0.5, 0.6) is 0 Å². The van der Waals surface area contributed by atoms with Gasteiger partial charge in [-0.15, -0.1) is 11.3 Å². The van der Waals surface area contributed by atoms with Gasteiger partial charge in [0.15, 0.2) is 0 Å². The van der Waals surface area contributed by atoms with E-state index in [9.17, 15) is 22.8 Å². The minimum absolute atomic E-state index is 0.0702. The molecule has 2 fully saturated rings. The van der Waals surface area contributed by atoms with Crippen molar-refractivity contribution in [1.29, 1.82) is 0 Å². The third-order valence-electron chi connectivity index (χ3n) is 6.42. The third kappa shape index (κ3) is 4.79. The summed E-state index contributed by atoms with van der Waals surface area (Å²) in [6.45, 7) is 2.00. The van der Waals surface area contributed by atoms with Crippen LogP contribution in [-0.2, 0) is 6.18 Å². The van der Waals surface area contributed by atoms with Gasteiger partial charge in [-0.3, -0.25) is 9.59 Å². The summed E-state index contributed by atoms with van der Waals surface area (Å²) in [6.07, 6.45) is -2.90. The quantitative estimate of drug-likeness (QED) is 0.462. The van der Waals surface area contributed by atoms with Crippen LogP contribution < -0.4 is 5.32 Å². The first kappa shape index (κ1) is 23.8. The van der Waals surface area contributed by atoms with Gasteiger partial charge in [0, 0.05) is 23.2 Å². The lowest BCUT2D eigenvalue weighted by molar-refractivity contribution is -0.137. The highest BCUT2D eigenvalue weighted by Crippen LogP contribution is 2.49. The first-order valence-corrected chi connectivity index (χ1v) is 12.3. The number of nitrogens with one attached hydrogen (secondary N) is 1. The SMILES string of the molecule is Cc1nc(C(=O)N2[C@H](CNC(=O)c3cccc(C(F)(F)F)c3)C[C@H]3C[C@@H]32)c(-c2cccc(Cl)c2)s1. The van der Waals surface area contributed by atoms with Crippen molar-refractivity contribution >= 4 is 34.8 Å². The van der Waals surface area contributed by atoms with E-state index in [1.54, 1.807) is 17.0 Å². The predicted molar refractivity (Wildman–Crippen MR) is 128 cm³/mol. The zero-order valence-electron chi connectivity index (χ0n) is 18.6. The predicted octanol–water partition coefficient (Wildman–Crippen LogP) is 5.82. The molecule has 10 heteroatoms. The summed E-state index contributed by atoms with van der Waals surface area (Å²) in [5.41, 5.74) is 0.222. The minimum Gasteiger partial charge on any atom is -0.350 e. The second-order valence-electron chi connectivity index (χ2n) is 8.87. The monoisotopic (exact) mass is 519 g/mol. The fourth-order valence-corrected chi connectivity index (χ4v) is 5.82. The van der Waals surface area contributed by atoms with Crippen molar-refractivity contribution in [2.45, 2.75) is 38.0 Å². The van der Waals surface area contributed by atoms with E-state index in [1.165, 1.54) is 23.5 Å². The number of hydrogen-bond acceptors (Lipinski definition) is 4. The molecule has 0 spiro atoms. The van der Waals surface area contributed by atoms with E-state index in [1.807, 2.05) is 19.1 Å². The lowest BCUT2D eigenvalue weighted by Crippen LogP contribution is -2.45. The number of aryl methyl sites for hydroxylation is 1. The molecular weight excluding hydrogens is 499 g/mol. The molecule has 2 aromatic carbocycles. The van der Waals surface area contributed by atoms with Crippen LogP contribution in [-0.4, -0.2) is 40.3 Å². The van der Waals surface area contributed by atoms with Crippen LogP contribution in [0.2, 0.25) is 5.02 Å². The van der Waals surface area contributed by atoms with Crippen LogP contribution >= 0.6 is 22.9 Å². The van der Waals surface area contributed by atoms with Crippen molar-refractivity contribution in [1.82, 2.24) is 15.2 Å². The molecule has 35 heavy (non-hydrogen) atoms. The number of likely N-dealkylation sites (tertiary alicyclic amines) is 1. The molecule has 1 saturated carbocycles. The van der Waals surface area contributed by atoms with Crippen LogP contribution in [0.4, 0.5) is 13.2 Å². The number of nitrogens with zero attached hydrogens (tertiary/aromatic N) is 2. The standard InChI is InChI=1S/C25H21ClF3N3O2S/c1-13-31-21(22(35-13)14-4-3-7-18(26)9-14)24(34)32-19(10-16-11-20(16)32)12-30-23(33)15-5-2-6-17(8-15)25(27,28)29/h2-9,16,19-20H,10-12H2,1H3,(H,30,33)/t16-,19-,20-/m0/s1. The summed E-state index contributed by atoms with van der Waals surface area (Å²) in [6, 6.07) is 11.4. The van der Waals surface area contributed by atoms with Crippen molar-refractivity contribution < 1.29 is 22.8 Å². The minimum atomic E-state index is -4.53. The van der Waals surface area contributed by atoms with Crippen LogP contribution in [0.1, 0.15) is 44.3 Å². The molecule has 3 aromatic rings. The van der Waals surface area contributed by atoms with Crippen molar-refractivity contribution in [3.8, 4) is 10.4 Å². The Labute approximate surface area is 208 Å². The van der Waals surface area contributed by atoms with Gasteiger partial charge in [0.1, 0.15) is 5.69 Å². The number of thiazole rings is 1. The fraction of sp³-hybridized carbons (Fsp3) is 0.320. The summed E-state index contributed by atoms with van der Waals surface area (Å²) in [4.78, 5) is 33.3. The lowest BCUT2D eigenvalue weighted by Gasteiger charge is -2.27. The number of carbonyl (C=O) groups excluding carboxylic acids is 2. The molecule has 1 saturated heterocycles. The summed E-state index contributed by atoms with van der Waals surface area (Å²) < 4.78 is 39.0. The van der Waals surface area contributed by atoms with Gasteiger partial charge in [-0.1, -0.05) is 29.8 Å². The van der Waals surface area contributed by atoms with Gasteiger partial charge in [-0.2, -0.15) is 13.2 Å². The molecule has 182 valence electrons. The van der Waals surface area contributed by atoms with Crippen LogP contribution in [0.3, 0.4) is 0 Å². The highest BCUT2D eigenvalue weighted by Gasteiger charge is 2.54. The second kappa shape index (κ2) is 8.95. The smallest absolute Gasteiger partial charge is 0.350 e. The number of fused-ring (bicyclic) bond motifs is 1. The topological polar surface area (TPSA) is 62.3 Å². The van der Waals surface area contributed by atoms with Crippen LogP contribution in [0, 0.1) is 12.8 Å². The summed E-state index contributed by atoms with van der Waals surface area (Å²) >= 11 is 7.58. The number of alkyl halides is 3. The summed E-state index contributed by atoms with van der Waals surface area (Å²) in [5.74, 6) is -0.440. The molecule has 2 aliphatic rings. The van der Waals surface area contributed by atoms with E-state index in [0.29, 0.717) is 16.6 Å². The maximum atomic E-state index is 13.7. The Balaban J connectivity index is 1.34. The molecule has 0 unspecified atom stereocenters. The van der Waals surface area contributed by atoms with Crippen molar-refractivity contribution in [3.63, 3.8) is 0 Å². The number of aromatic nitrogens is 1. The Morgan fingerprint density at radius 1 is 1.17 bits per heavy atom. The molecule has 5 rings (SSSR count). The van der Waals surface area contributed by atoms with E-state index >= 15 is 0 Å². The number of carbonyl (C=O) groups is 2. The molecule has 1 aliphatic heterocycles. The largest absolute Gasteiger partial charge is 0.416 e. The Kier molecular flexibility index (Phi) is 6.09. The number of piperidine rings is 1. The molecule has 3 atom stereocenters. The Morgan fingerprint density at radius 2 is 1.94 bits per heavy atom. The van der Waals surface area contributed by atoms with Crippen molar-refractivity contribution in [2.24, 2.45) is 5.92 Å². The molecule has 1 N–H and O–H groups in total. The Hall–Kier alpha value is -2.91. The number of hydrogen-bond donors (Lipinski definition) is 1. The lowest BCUT2D eigenvalue weighted by atomic mass is 10.1. The van der Waals surface area contributed by atoms with E-state index in [4.69, 9.17) is 11.6 Å². The first-order chi connectivity index (χ1) is 16.6. The van der Waals surface area contributed by atoms with Gasteiger partial charge in [0.05, 0.1) is 21.5 Å². The molecule has 1 aliphatic carbocycles. The van der Waals surface area contributed by atoms with Crippen LogP contribution in [0.15, 0.2) is 48.5 Å². The third-order valence-corrected chi connectivity index (χ3v) is 7.67. The van der Waals surface area contributed by atoms with Gasteiger partial charge in [-0.25, -0.2) is 4.98 Å². The molecule has 0 bridgehead atoms. The summed E-state index contributed by atoms with van der Waals surface area (Å²) in [5, 5.41) is 4.04. The van der Waals surface area contributed by atoms with Gasteiger partial charge in [-0.05, 0) is 61.6 Å². The molecule has 2 heterocycles. The normalized spacial score (nSPS) is 21.1. The second-order valence-corrected chi connectivity index (χ2v) is 10.5. The van der Waals surface area contributed by atoms with E-state index < -0.39 is 17.6 Å². The summed E-state index contributed by atoms with van der Waals surface area (Å²) in [7, 11) is 0. The maximum absolute atomic E-state index is 13.7. The van der Waals surface area contributed by atoms with Crippen LogP contribution in [0.25, 0.3) is 10.4 Å². The van der Waals surface area contributed by atoms with E-state index in [2.05, 4.69) is 10.3 Å². The van der Waals surface area contributed by atoms with Gasteiger partial charge in [0.25, 0.3) is 11.8 Å². The van der Waals surface area contributed by atoms with Gasteiger partial charge in [0.2, 0.25) is 0 Å². The van der Waals surface area contributed by atoms with E-state index in [0.717, 1.165) is 40.4 Å². The van der Waals surface area contributed by atoms with Gasteiger partial charge < -0.3 is 10.2 Å². The number of amides is 2. The number of halogens is 4. The average Bonchev–Trinajstić information content (AvgIpc) is 3.30. The molecule has 5 nitrogen and oxygen atoms in total. The maximum Gasteiger partial charge on any atom is 0.416 e. The molecule has 2 amide bonds. The highest BCUT2D eigenvalue weighted by atomic mass is 35.5. The molecule has 1 aromatic heterocycles. The Bertz CT molecular complexity index is 1310. The number of benzene rings is 2. The molecular formula is C25H21ClF3N3O2S. The Morgan fingerprint density at radius 3 is 2.69 bits per heavy atom. The molecule has 0 radical (unpaired) electrons. The fourth-order valence-electron chi connectivity index (χ4n) is 4.73. The highest BCUT2D eigenvalue weighted by molar-refractivity contribution is 7.15. The average molecular weight is 520 g/mol. The number of rotatable bonds is 5. The van der Waals surface area contributed by atoms with Crippen molar-refractivity contribution in [3.05, 3.63) is 75.4 Å². The zero-order chi connectivity index (χ0) is 24.9. The zero-order valence-corrected chi connectivity index (χ0v) is 20.2. The van der Waals surface area contributed by atoms with Gasteiger partial charge >= 0.3 is 6.18 Å². The first-order valence-electron chi connectivity index (χ1n) is 11.1. The van der Waals surface area contributed by atoms with E-state index in [-0.39, 0.29) is 30.1 Å².